The number of rotatable bonds is 1. The molecule has 1 heterocycles. The minimum Gasteiger partial charge on any atom is -0.444 e. The van der Waals surface area contributed by atoms with Crippen molar-refractivity contribution in [2.45, 2.75) is 40.2 Å². The largest absolute Gasteiger partial charge is 0.444 e. The summed E-state index contributed by atoms with van der Waals surface area (Å²) >= 11 is 0. The van der Waals surface area contributed by atoms with Gasteiger partial charge in [0.15, 0.2) is 0 Å². The predicted molar refractivity (Wildman–Crippen MR) is 55.8 cm³/mol. The lowest BCUT2D eigenvalue weighted by molar-refractivity contribution is 0.0631. The molecule has 1 rings (SSSR count). The first-order valence-corrected chi connectivity index (χ1v) is 4.72. The van der Waals surface area contributed by atoms with Gasteiger partial charge in [0.05, 0.1) is 5.69 Å². The molecule has 0 spiro atoms. The van der Waals surface area contributed by atoms with Crippen molar-refractivity contribution < 1.29 is 14.1 Å². The summed E-state index contributed by atoms with van der Waals surface area (Å²) in [5, 5.41) is 6.22. The smallest absolute Gasteiger partial charge is 0.414 e. The van der Waals surface area contributed by atoms with Crippen LogP contribution in [0.1, 0.15) is 32.0 Å². The Hall–Kier alpha value is -1.52. The van der Waals surface area contributed by atoms with Gasteiger partial charge in [0.25, 0.3) is 0 Å². The van der Waals surface area contributed by atoms with E-state index in [0.717, 1.165) is 11.3 Å². The number of ether oxygens (including phenoxy) is 1. The minimum atomic E-state index is -0.540. The molecule has 0 radical (unpaired) electrons. The molecule has 0 aromatic carbocycles. The number of nitrogens with zero attached hydrogens (tertiary/aromatic N) is 1. The molecule has 1 N–H and O–H groups in total. The average molecular weight is 212 g/mol. The number of carbonyl (C=O) groups excluding carboxylic acids is 1. The van der Waals surface area contributed by atoms with Crippen molar-refractivity contribution >= 4 is 12.0 Å². The Balaban J connectivity index is 2.63. The van der Waals surface area contributed by atoms with Crippen molar-refractivity contribution in [3.8, 4) is 0 Å². The van der Waals surface area contributed by atoms with Crippen LogP contribution in [0.25, 0.3) is 0 Å². The highest BCUT2D eigenvalue weighted by molar-refractivity contribution is 5.83. The van der Waals surface area contributed by atoms with Crippen molar-refractivity contribution in [3.63, 3.8) is 0 Å². The van der Waals surface area contributed by atoms with Gasteiger partial charge in [-0.15, -0.1) is 0 Å². The third-order valence-corrected chi connectivity index (χ3v) is 1.77. The zero-order valence-electron chi connectivity index (χ0n) is 9.67. The highest BCUT2D eigenvalue weighted by Crippen LogP contribution is 2.18. The van der Waals surface area contributed by atoms with Crippen molar-refractivity contribution in [1.82, 2.24) is 5.16 Å². The maximum atomic E-state index is 11.4. The van der Waals surface area contributed by atoms with Gasteiger partial charge in [-0.25, -0.2) is 4.79 Å². The maximum Gasteiger partial charge on any atom is 0.414 e. The van der Waals surface area contributed by atoms with Crippen LogP contribution in [-0.2, 0) is 4.74 Å². The highest BCUT2D eigenvalue weighted by atomic mass is 16.6. The van der Waals surface area contributed by atoms with Crippen LogP contribution in [0.3, 0.4) is 0 Å². The number of hydrogen-bond donors (Lipinski definition) is 1. The Morgan fingerprint density at radius 1 is 1.40 bits per heavy atom. The van der Waals surface area contributed by atoms with E-state index in [4.69, 9.17) is 9.26 Å². The molecule has 1 aromatic heterocycles. The van der Waals surface area contributed by atoms with E-state index in [0.29, 0.717) is 5.88 Å². The van der Waals surface area contributed by atoms with Gasteiger partial charge in [-0.1, -0.05) is 5.16 Å². The van der Waals surface area contributed by atoms with E-state index in [-0.39, 0.29) is 0 Å². The van der Waals surface area contributed by atoms with Crippen molar-refractivity contribution in [3.05, 3.63) is 11.3 Å². The third kappa shape index (κ3) is 3.27. The molecule has 0 aliphatic rings. The van der Waals surface area contributed by atoms with Gasteiger partial charge in [-0.2, -0.15) is 0 Å². The second kappa shape index (κ2) is 3.92. The Bertz CT molecular complexity index is 363. The van der Waals surface area contributed by atoms with Crippen LogP contribution in [0.4, 0.5) is 10.7 Å². The van der Waals surface area contributed by atoms with Gasteiger partial charge in [0.1, 0.15) is 5.60 Å². The van der Waals surface area contributed by atoms with Crippen molar-refractivity contribution in [1.29, 1.82) is 0 Å². The summed E-state index contributed by atoms with van der Waals surface area (Å²) in [6, 6.07) is 0. The summed E-state index contributed by atoms with van der Waals surface area (Å²) in [4.78, 5) is 11.4. The number of anilines is 1. The number of carbonyl (C=O) groups is 1. The first kappa shape index (κ1) is 11.6. The molecule has 84 valence electrons. The van der Waals surface area contributed by atoms with Crippen molar-refractivity contribution in [2.75, 3.05) is 5.32 Å². The fourth-order valence-corrected chi connectivity index (χ4v) is 0.928. The molecule has 0 saturated heterocycles. The van der Waals surface area contributed by atoms with Crippen LogP contribution in [0.5, 0.6) is 0 Å². The minimum absolute atomic E-state index is 0.335. The number of aromatic nitrogens is 1. The van der Waals surface area contributed by atoms with E-state index in [1.807, 2.05) is 6.92 Å². The molecule has 5 heteroatoms. The summed E-state index contributed by atoms with van der Waals surface area (Å²) in [6.07, 6.45) is -0.540. The van der Waals surface area contributed by atoms with Gasteiger partial charge < -0.3 is 9.26 Å². The molecule has 15 heavy (non-hydrogen) atoms. The standard InChI is InChI=1S/C10H16N2O3/c1-6-7(2)12-15-8(6)11-9(13)14-10(3,4)5/h1-5H3,(H,11,13). The molecule has 0 aliphatic heterocycles. The molecule has 0 saturated carbocycles. The molecule has 0 atom stereocenters. The van der Waals surface area contributed by atoms with Gasteiger partial charge in [0.2, 0.25) is 5.88 Å². The van der Waals surface area contributed by atoms with Gasteiger partial charge in [0, 0.05) is 5.56 Å². The van der Waals surface area contributed by atoms with Crippen LogP contribution in [0.15, 0.2) is 4.52 Å². The molecule has 1 aromatic rings. The Morgan fingerprint density at radius 2 is 2.00 bits per heavy atom. The van der Waals surface area contributed by atoms with Gasteiger partial charge >= 0.3 is 6.09 Å². The van der Waals surface area contributed by atoms with E-state index < -0.39 is 11.7 Å². The first-order chi connectivity index (χ1) is 6.79. The van der Waals surface area contributed by atoms with Crippen LogP contribution in [-0.4, -0.2) is 16.9 Å². The van der Waals surface area contributed by atoms with Crippen LogP contribution in [0.2, 0.25) is 0 Å². The van der Waals surface area contributed by atoms with E-state index in [1.165, 1.54) is 0 Å². The molecule has 0 fully saturated rings. The molecule has 5 nitrogen and oxygen atoms in total. The van der Waals surface area contributed by atoms with Gasteiger partial charge in [-0.3, -0.25) is 5.32 Å². The first-order valence-electron chi connectivity index (χ1n) is 4.72. The second-order valence-electron chi connectivity index (χ2n) is 4.35. The Morgan fingerprint density at radius 3 is 2.40 bits per heavy atom. The molecule has 0 aliphatic carbocycles. The number of nitrogens with one attached hydrogen (secondary N) is 1. The summed E-state index contributed by atoms with van der Waals surface area (Å²) in [5.41, 5.74) is 1.04. The van der Waals surface area contributed by atoms with E-state index >= 15 is 0 Å². The maximum absolute atomic E-state index is 11.4. The molecule has 0 bridgehead atoms. The number of amides is 1. The Labute approximate surface area is 88.8 Å². The predicted octanol–water partition coefficient (Wildman–Crippen LogP) is 2.64. The fourth-order valence-electron chi connectivity index (χ4n) is 0.928. The van der Waals surface area contributed by atoms with Crippen LogP contribution < -0.4 is 5.32 Å². The number of aryl methyl sites for hydroxylation is 1. The topological polar surface area (TPSA) is 64.4 Å². The van der Waals surface area contributed by atoms with E-state index in [2.05, 4.69) is 10.5 Å². The highest BCUT2D eigenvalue weighted by Gasteiger charge is 2.18. The normalized spacial score (nSPS) is 11.3. The summed E-state index contributed by atoms with van der Waals surface area (Å²) in [7, 11) is 0. The quantitative estimate of drug-likeness (QED) is 0.777. The molecule has 1 amide bonds. The lowest BCUT2D eigenvalue weighted by atomic mass is 10.2. The Kier molecular flexibility index (Phi) is 3.02. The molecular weight excluding hydrogens is 196 g/mol. The lowest BCUT2D eigenvalue weighted by Crippen LogP contribution is -2.27. The second-order valence-corrected chi connectivity index (χ2v) is 4.35. The van der Waals surface area contributed by atoms with Crippen molar-refractivity contribution in [2.24, 2.45) is 0 Å². The summed E-state index contributed by atoms with van der Waals surface area (Å²) in [6.45, 7) is 9.01. The fraction of sp³-hybridized carbons (Fsp3) is 0.600. The monoisotopic (exact) mass is 212 g/mol. The summed E-state index contributed by atoms with van der Waals surface area (Å²) < 4.78 is 9.99. The number of hydrogen-bond acceptors (Lipinski definition) is 4. The lowest BCUT2D eigenvalue weighted by Gasteiger charge is -2.18. The van der Waals surface area contributed by atoms with Crippen LogP contribution >= 0.6 is 0 Å². The molecular formula is C10H16N2O3. The zero-order valence-corrected chi connectivity index (χ0v) is 9.67. The van der Waals surface area contributed by atoms with Gasteiger partial charge in [-0.05, 0) is 34.6 Å². The zero-order chi connectivity index (χ0) is 11.6. The van der Waals surface area contributed by atoms with E-state index in [9.17, 15) is 4.79 Å². The van der Waals surface area contributed by atoms with Crippen LogP contribution in [0, 0.1) is 13.8 Å². The SMILES string of the molecule is Cc1noc(NC(=O)OC(C)(C)C)c1C. The van der Waals surface area contributed by atoms with E-state index in [1.54, 1.807) is 27.7 Å². The summed E-state index contributed by atoms with van der Waals surface area (Å²) in [5.74, 6) is 0.335. The third-order valence-electron chi connectivity index (χ3n) is 1.77. The molecule has 0 unspecified atom stereocenters. The average Bonchev–Trinajstić information content (AvgIpc) is 2.32.